The summed E-state index contributed by atoms with van der Waals surface area (Å²) in [6, 6.07) is 1.98. The molecule has 106 valence electrons. The van der Waals surface area contributed by atoms with Crippen molar-refractivity contribution in [3.05, 3.63) is 12.4 Å². The van der Waals surface area contributed by atoms with Gasteiger partial charge in [-0.05, 0) is 12.0 Å². The second-order valence-electron chi connectivity index (χ2n) is 5.58. The molecule has 6 nitrogen and oxygen atoms in total. The number of nitrogens with one attached hydrogen (secondary N) is 1. The van der Waals surface area contributed by atoms with E-state index in [0.717, 1.165) is 44.5 Å². The van der Waals surface area contributed by atoms with E-state index in [1.54, 1.807) is 6.33 Å². The van der Waals surface area contributed by atoms with E-state index in [2.05, 4.69) is 34.0 Å². The summed E-state index contributed by atoms with van der Waals surface area (Å²) in [5.74, 6) is 1.80. The highest BCUT2D eigenvalue weighted by molar-refractivity contribution is 5.48. The Morgan fingerprint density at radius 1 is 1.37 bits per heavy atom. The maximum absolute atomic E-state index is 5.72. The summed E-state index contributed by atoms with van der Waals surface area (Å²) in [5.41, 5.74) is 5.78. The zero-order valence-corrected chi connectivity index (χ0v) is 11.7. The molecular formula is C13H23N5O. The maximum Gasteiger partial charge on any atom is 0.134 e. The zero-order chi connectivity index (χ0) is 13.7. The summed E-state index contributed by atoms with van der Waals surface area (Å²) in [4.78, 5) is 10.8. The first-order valence-electron chi connectivity index (χ1n) is 6.69. The van der Waals surface area contributed by atoms with Crippen molar-refractivity contribution in [2.45, 2.75) is 13.8 Å². The number of nitrogens with zero attached hydrogens (tertiary/aromatic N) is 3. The molecule has 1 aromatic heterocycles. The summed E-state index contributed by atoms with van der Waals surface area (Å²) in [6.07, 6.45) is 1.60. The summed E-state index contributed by atoms with van der Waals surface area (Å²) in [7, 11) is 0. The molecule has 0 aromatic carbocycles. The number of nitrogens with two attached hydrogens (primary N) is 1. The molecule has 6 heteroatoms. The fourth-order valence-corrected chi connectivity index (χ4v) is 1.81. The Morgan fingerprint density at radius 3 is 2.79 bits per heavy atom. The lowest BCUT2D eigenvalue weighted by Crippen LogP contribution is -2.37. The molecule has 0 spiro atoms. The van der Waals surface area contributed by atoms with Gasteiger partial charge in [0.25, 0.3) is 0 Å². The Labute approximate surface area is 114 Å². The number of hydrogen-bond acceptors (Lipinski definition) is 6. The first-order chi connectivity index (χ1) is 9.11. The van der Waals surface area contributed by atoms with E-state index in [-0.39, 0.29) is 5.41 Å². The van der Waals surface area contributed by atoms with E-state index >= 15 is 0 Å². The molecule has 0 amide bonds. The summed E-state index contributed by atoms with van der Waals surface area (Å²) < 4.78 is 5.34. The van der Waals surface area contributed by atoms with Crippen LogP contribution in [0.3, 0.4) is 0 Å². The monoisotopic (exact) mass is 265 g/mol. The van der Waals surface area contributed by atoms with Crippen molar-refractivity contribution in [1.82, 2.24) is 9.97 Å². The molecule has 0 radical (unpaired) electrons. The van der Waals surface area contributed by atoms with Crippen LogP contribution >= 0.6 is 0 Å². The Balaban J connectivity index is 1.98. The minimum absolute atomic E-state index is 0.0596. The lowest BCUT2D eigenvalue weighted by atomic mass is 9.94. The van der Waals surface area contributed by atoms with E-state index in [1.165, 1.54) is 0 Å². The van der Waals surface area contributed by atoms with Crippen molar-refractivity contribution in [3.63, 3.8) is 0 Å². The Morgan fingerprint density at radius 2 is 2.11 bits per heavy atom. The highest BCUT2D eigenvalue weighted by Crippen LogP contribution is 2.18. The standard InChI is InChI=1S/C13H23N5O/c1-13(2,8-14)9-15-11-7-12(17-10-16-11)18-3-5-19-6-4-18/h7,10H,3-6,8-9,14H2,1-2H3,(H,15,16,17). The van der Waals surface area contributed by atoms with Crippen LogP contribution in [-0.4, -0.2) is 49.4 Å². The van der Waals surface area contributed by atoms with Crippen LogP contribution in [0.25, 0.3) is 0 Å². The molecule has 1 fully saturated rings. The molecule has 0 aliphatic carbocycles. The van der Waals surface area contributed by atoms with Gasteiger partial charge < -0.3 is 20.7 Å². The first kappa shape index (κ1) is 14.0. The third-order valence-electron chi connectivity index (χ3n) is 3.29. The molecule has 0 bridgehead atoms. The topological polar surface area (TPSA) is 76.3 Å². The van der Waals surface area contributed by atoms with Gasteiger partial charge >= 0.3 is 0 Å². The Kier molecular flexibility index (Phi) is 4.55. The molecule has 2 rings (SSSR count). The summed E-state index contributed by atoms with van der Waals surface area (Å²) in [6.45, 7) is 8.97. The molecule has 3 N–H and O–H groups in total. The predicted octanol–water partition coefficient (Wildman–Crippen LogP) is 0.710. The average Bonchev–Trinajstić information content (AvgIpc) is 2.47. The lowest BCUT2D eigenvalue weighted by Gasteiger charge is -2.28. The van der Waals surface area contributed by atoms with Crippen molar-refractivity contribution in [2.24, 2.45) is 11.1 Å². The van der Waals surface area contributed by atoms with Crippen LogP contribution in [0.5, 0.6) is 0 Å². The molecule has 0 saturated carbocycles. The third kappa shape index (κ3) is 4.04. The number of hydrogen-bond donors (Lipinski definition) is 2. The van der Waals surface area contributed by atoms with E-state index in [4.69, 9.17) is 10.5 Å². The largest absolute Gasteiger partial charge is 0.378 e. The van der Waals surface area contributed by atoms with E-state index in [0.29, 0.717) is 6.54 Å². The highest BCUT2D eigenvalue weighted by atomic mass is 16.5. The van der Waals surface area contributed by atoms with Crippen LogP contribution < -0.4 is 16.0 Å². The normalized spacial score (nSPS) is 16.5. The molecular weight excluding hydrogens is 242 g/mol. The number of aromatic nitrogens is 2. The molecule has 0 unspecified atom stereocenters. The van der Waals surface area contributed by atoms with E-state index < -0.39 is 0 Å². The van der Waals surface area contributed by atoms with Gasteiger partial charge in [0, 0.05) is 25.7 Å². The second kappa shape index (κ2) is 6.16. The molecule has 1 saturated heterocycles. The zero-order valence-electron chi connectivity index (χ0n) is 11.7. The number of morpholine rings is 1. The molecule has 1 aliphatic heterocycles. The fourth-order valence-electron chi connectivity index (χ4n) is 1.81. The van der Waals surface area contributed by atoms with Crippen molar-refractivity contribution in [2.75, 3.05) is 49.6 Å². The third-order valence-corrected chi connectivity index (χ3v) is 3.29. The SMILES string of the molecule is CC(C)(CN)CNc1cc(N2CCOCC2)ncn1. The minimum atomic E-state index is 0.0596. The van der Waals surface area contributed by atoms with Crippen LogP contribution in [0.1, 0.15) is 13.8 Å². The second-order valence-corrected chi connectivity index (χ2v) is 5.58. The van der Waals surface area contributed by atoms with Crippen LogP contribution in [0.15, 0.2) is 12.4 Å². The fraction of sp³-hybridized carbons (Fsp3) is 0.692. The number of anilines is 2. The van der Waals surface area contributed by atoms with Gasteiger partial charge in [0.1, 0.15) is 18.0 Å². The predicted molar refractivity (Wildman–Crippen MR) is 76.4 cm³/mol. The number of ether oxygens (including phenoxy) is 1. The minimum Gasteiger partial charge on any atom is -0.378 e. The first-order valence-corrected chi connectivity index (χ1v) is 6.69. The van der Waals surface area contributed by atoms with Crippen molar-refractivity contribution in [3.8, 4) is 0 Å². The Bertz CT molecular complexity index is 404. The van der Waals surface area contributed by atoms with E-state index in [1.807, 2.05) is 6.07 Å². The highest BCUT2D eigenvalue weighted by Gasteiger charge is 2.16. The quantitative estimate of drug-likeness (QED) is 0.816. The average molecular weight is 265 g/mol. The van der Waals surface area contributed by atoms with Gasteiger partial charge in [-0.25, -0.2) is 9.97 Å². The smallest absolute Gasteiger partial charge is 0.134 e. The summed E-state index contributed by atoms with van der Waals surface area (Å²) in [5, 5.41) is 3.33. The van der Waals surface area contributed by atoms with Crippen molar-refractivity contribution < 1.29 is 4.74 Å². The van der Waals surface area contributed by atoms with Gasteiger partial charge in [-0.1, -0.05) is 13.8 Å². The van der Waals surface area contributed by atoms with Crippen molar-refractivity contribution >= 4 is 11.6 Å². The molecule has 1 aromatic rings. The van der Waals surface area contributed by atoms with Crippen LogP contribution in [-0.2, 0) is 4.74 Å². The maximum atomic E-state index is 5.72. The summed E-state index contributed by atoms with van der Waals surface area (Å²) >= 11 is 0. The molecule has 0 atom stereocenters. The molecule has 2 heterocycles. The van der Waals surface area contributed by atoms with Gasteiger partial charge in [-0.15, -0.1) is 0 Å². The van der Waals surface area contributed by atoms with Gasteiger partial charge in [0.2, 0.25) is 0 Å². The lowest BCUT2D eigenvalue weighted by molar-refractivity contribution is 0.122. The molecule has 1 aliphatic rings. The van der Waals surface area contributed by atoms with Crippen LogP contribution in [0, 0.1) is 5.41 Å². The van der Waals surface area contributed by atoms with Gasteiger partial charge in [-0.2, -0.15) is 0 Å². The Hall–Kier alpha value is -1.40. The van der Waals surface area contributed by atoms with Gasteiger partial charge in [0.05, 0.1) is 13.2 Å². The van der Waals surface area contributed by atoms with Crippen LogP contribution in [0.2, 0.25) is 0 Å². The van der Waals surface area contributed by atoms with Crippen molar-refractivity contribution in [1.29, 1.82) is 0 Å². The van der Waals surface area contributed by atoms with E-state index in [9.17, 15) is 0 Å². The van der Waals surface area contributed by atoms with Gasteiger partial charge in [0.15, 0.2) is 0 Å². The van der Waals surface area contributed by atoms with Crippen LogP contribution in [0.4, 0.5) is 11.6 Å². The number of rotatable bonds is 5. The molecule has 19 heavy (non-hydrogen) atoms. The van der Waals surface area contributed by atoms with Gasteiger partial charge in [-0.3, -0.25) is 0 Å².